The molecule has 0 aliphatic carbocycles. The number of aliphatic hydroxyl groups excluding tert-OH is 2. The Hall–Kier alpha value is -1.17. The van der Waals surface area contributed by atoms with Gasteiger partial charge in [-0.1, -0.05) is 0 Å². The number of rotatable bonds is 5. The van der Waals surface area contributed by atoms with Gasteiger partial charge in [0.15, 0.2) is 0 Å². The SMILES string of the molecule is CNCC(O)C(O)c1cc(OC)ccc1F. The maximum absolute atomic E-state index is 13.4. The molecule has 90 valence electrons. The van der Waals surface area contributed by atoms with Crippen molar-refractivity contribution in [1.82, 2.24) is 5.32 Å². The predicted octanol–water partition coefficient (Wildman–Crippen LogP) is 0.448. The number of halogens is 1. The summed E-state index contributed by atoms with van der Waals surface area (Å²) in [6.07, 6.45) is -2.34. The van der Waals surface area contributed by atoms with Crippen molar-refractivity contribution in [1.29, 1.82) is 0 Å². The minimum absolute atomic E-state index is 0.0297. The Morgan fingerprint density at radius 3 is 2.69 bits per heavy atom. The summed E-state index contributed by atoms with van der Waals surface area (Å²) in [7, 11) is 3.09. The first-order chi connectivity index (χ1) is 7.60. The van der Waals surface area contributed by atoms with Crippen LogP contribution in [-0.4, -0.2) is 37.0 Å². The first-order valence-corrected chi connectivity index (χ1v) is 4.94. The summed E-state index contributed by atoms with van der Waals surface area (Å²) in [6, 6.07) is 4.03. The number of hydrogen-bond acceptors (Lipinski definition) is 4. The molecular weight excluding hydrogens is 213 g/mol. The summed E-state index contributed by atoms with van der Waals surface area (Å²) in [5, 5.41) is 22.0. The van der Waals surface area contributed by atoms with Crippen LogP contribution in [-0.2, 0) is 0 Å². The normalized spacial score (nSPS) is 14.6. The van der Waals surface area contributed by atoms with Crippen LogP contribution in [0.4, 0.5) is 4.39 Å². The smallest absolute Gasteiger partial charge is 0.129 e. The molecule has 0 spiro atoms. The fraction of sp³-hybridized carbons (Fsp3) is 0.455. The van der Waals surface area contributed by atoms with Crippen LogP contribution in [0.5, 0.6) is 5.75 Å². The van der Waals surface area contributed by atoms with Crippen molar-refractivity contribution >= 4 is 0 Å². The largest absolute Gasteiger partial charge is 0.497 e. The molecule has 0 heterocycles. The molecule has 3 N–H and O–H groups in total. The molecule has 16 heavy (non-hydrogen) atoms. The van der Waals surface area contributed by atoms with E-state index in [0.29, 0.717) is 5.75 Å². The van der Waals surface area contributed by atoms with Crippen molar-refractivity contribution in [2.45, 2.75) is 12.2 Å². The van der Waals surface area contributed by atoms with Crippen molar-refractivity contribution < 1.29 is 19.3 Å². The van der Waals surface area contributed by atoms with Crippen LogP contribution in [0.25, 0.3) is 0 Å². The number of ether oxygens (including phenoxy) is 1. The van der Waals surface area contributed by atoms with E-state index in [9.17, 15) is 14.6 Å². The molecule has 0 aromatic heterocycles. The Balaban J connectivity index is 2.92. The summed E-state index contributed by atoms with van der Waals surface area (Å²) >= 11 is 0. The lowest BCUT2D eigenvalue weighted by Gasteiger charge is -2.18. The Bertz CT molecular complexity index is 346. The molecule has 2 unspecified atom stereocenters. The van der Waals surface area contributed by atoms with Gasteiger partial charge in [0, 0.05) is 12.1 Å². The average molecular weight is 229 g/mol. The summed E-state index contributed by atoms with van der Waals surface area (Å²) < 4.78 is 18.3. The van der Waals surface area contributed by atoms with Gasteiger partial charge < -0.3 is 20.3 Å². The van der Waals surface area contributed by atoms with Crippen LogP contribution < -0.4 is 10.1 Å². The van der Waals surface area contributed by atoms with Crippen LogP contribution in [0.1, 0.15) is 11.7 Å². The molecule has 0 saturated heterocycles. The summed E-state index contributed by atoms with van der Waals surface area (Å²) in [5.74, 6) is -0.129. The third kappa shape index (κ3) is 2.91. The quantitative estimate of drug-likeness (QED) is 0.686. The van der Waals surface area contributed by atoms with Crippen LogP contribution in [0.15, 0.2) is 18.2 Å². The molecule has 0 bridgehead atoms. The molecule has 0 saturated carbocycles. The summed E-state index contributed by atoms with van der Waals surface area (Å²) in [4.78, 5) is 0. The number of nitrogens with one attached hydrogen (secondary N) is 1. The highest BCUT2D eigenvalue weighted by atomic mass is 19.1. The zero-order chi connectivity index (χ0) is 12.1. The van der Waals surface area contributed by atoms with Gasteiger partial charge in [-0.2, -0.15) is 0 Å². The van der Waals surface area contributed by atoms with Crippen molar-refractivity contribution in [3.8, 4) is 5.75 Å². The van der Waals surface area contributed by atoms with Gasteiger partial charge in [0.25, 0.3) is 0 Å². The van der Waals surface area contributed by atoms with Gasteiger partial charge in [0.1, 0.15) is 17.7 Å². The van der Waals surface area contributed by atoms with E-state index >= 15 is 0 Å². The second-order valence-electron chi connectivity index (χ2n) is 3.46. The van der Waals surface area contributed by atoms with E-state index in [2.05, 4.69) is 5.32 Å². The molecule has 0 fully saturated rings. The van der Waals surface area contributed by atoms with Gasteiger partial charge in [-0.15, -0.1) is 0 Å². The highest BCUT2D eigenvalue weighted by molar-refractivity contribution is 5.31. The number of aliphatic hydroxyl groups is 2. The van der Waals surface area contributed by atoms with Crippen molar-refractivity contribution in [2.24, 2.45) is 0 Å². The molecule has 1 rings (SSSR count). The predicted molar refractivity (Wildman–Crippen MR) is 57.8 cm³/mol. The van der Waals surface area contributed by atoms with E-state index in [0.717, 1.165) is 0 Å². The van der Waals surface area contributed by atoms with Crippen molar-refractivity contribution in [3.05, 3.63) is 29.6 Å². The maximum Gasteiger partial charge on any atom is 0.129 e. The van der Waals surface area contributed by atoms with Crippen LogP contribution >= 0.6 is 0 Å². The Morgan fingerprint density at radius 2 is 2.12 bits per heavy atom. The standard InChI is InChI=1S/C11H16FNO3/c1-13-6-10(14)11(15)8-5-7(16-2)3-4-9(8)12/h3-5,10-11,13-15H,6H2,1-2H3. The summed E-state index contributed by atoms with van der Waals surface area (Å²) in [5.41, 5.74) is 0.0297. The number of benzene rings is 1. The Kier molecular flexibility index (Phi) is 4.67. The summed E-state index contributed by atoms with van der Waals surface area (Å²) in [6.45, 7) is 0.178. The fourth-order valence-corrected chi connectivity index (χ4v) is 1.40. The Morgan fingerprint density at radius 1 is 1.44 bits per heavy atom. The first-order valence-electron chi connectivity index (χ1n) is 4.94. The third-order valence-corrected chi connectivity index (χ3v) is 2.30. The topological polar surface area (TPSA) is 61.7 Å². The Labute approximate surface area is 93.7 Å². The van der Waals surface area contributed by atoms with E-state index in [4.69, 9.17) is 4.74 Å². The van der Waals surface area contributed by atoms with Crippen LogP contribution in [0.2, 0.25) is 0 Å². The monoisotopic (exact) mass is 229 g/mol. The van der Waals surface area contributed by atoms with E-state index < -0.39 is 18.0 Å². The molecule has 4 nitrogen and oxygen atoms in total. The minimum Gasteiger partial charge on any atom is -0.497 e. The van der Waals surface area contributed by atoms with E-state index in [1.54, 1.807) is 7.05 Å². The maximum atomic E-state index is 13.4. The van der Waals surface area contributed by atoms with Crippen LogP contribution in [0.3, 0.4) is 0 Å². The van der Waals surface area contributed by atoms with Gasteiger partial charge in [0.2, 0.25) is 0 Å². The second kappa shape index (κ2) is 5.79. The molecule has 0 aliphatic rings. The lowest BCUT2D eigenvalue weighted by molar-refractivity contribution is 0.0180. The molecule has 0 radical (unpaired) electrons. The van der Waals surface area contributed by atoms with Crippen molar-refractivity contribution in [3.63, 3.8) is 0 Å². The molecule has 5 heteroatoms. The lowest BCUT2D eigenvalue weighted by atomic mass is 10.0. The number of methoxy groups -OCH3 is 1. The fourth-order valence-electron chi connectivity index (χ4n) is 1.40. The highest BCUT2D eigenvalue weighted by Gasteiger charge is 2.21. The molecule has 0 amide bonds. The highest BCUT2D eigenvalue weighted by Crippen LogP contribution is 2.24. The molecule has 1 aromatic carbocycles. The van der Waals surface area contributed by atoms with Gasteiger partial charge in [-0.25, -0.2) is 4.39 Å². The van der Waals surface area contributed by atoms with Gasteiger partial charge in [-0.05, 0) is 25.2 Å². The van der Waals surface area contributed by atoms with E-state index in [1.807, 2.05) is 0 Å². The van der Waals surface area contributed by atoms with Gasteiger partial charge in [-0.3, -0.25) is 0 Å². The molecule has 2 atom stereocenters. The minimum atomic E-state index is -1.28. The number of hydrogen-bond donors (Lipinski definition) is 3. The average Bonchev–Trinajstić information content (AvgIpc) is 2.29. The zero-order valence-corrected chi connectivity index (χ0v) is 9.27. The zero-order valence-electron chi connectivity index (χ0n) is 9.27. The van der Waals surface area contributed by atoms with Gasteiger partial charge in [0.05, 0.1) is 13.2 Å². The van der Waals surface area contributed by atoms with Gasteiger partial charge >= 0.3 is 0 Å². The first kappa shape index (κ1) is 12.9. The van der Waals surface area contributed by atoms with E-state index in [1.165, 1.54) is 25.3 Å². The second-order valence-corrected chi connectivity index (χ2v) is 3.46. The van der Waals surface area contributed by atoms with Crippen molar-refractivity contribution in [2.75, 3.05) is 20.7 Å². The van der Waals surface area contributed by atoms with Crippen LogP contribution in [0, 0.1) is 5.82 Å². The molecule has 1 aromatic rings. The third-order valence-electron chi connectivity index (χ3n) is 2.30. The van der Waals surface area contributed by atoms with E-state index in [-0.39, 0.29) is 12.1 Å². The number of likely N-dealkylation sites (N-methyl/N-ethyl adjacent to an activating group) is 1. The molecule has 0 aliphatic heterocycles. The lowest BCUT2D eigenvalue weighted by Crippen LogP contribution is -2.30. The molecular formula is C11H16FNO3.